The van der Waals surface area contributed by atoms with E-state index in [0.29, 0.717) is 36.2 Å². The van der Waals surface area contributed by atoms with E-state index < -0.39 is 5.91 Å². The Morgan fingerprint density at radius 2 is 1.94 bits per heavy atom. The fourth-order valence-corrected chi connectivity index (χ4v) is 3.81. The summed E-state index contributed by atoms with van der Waals surface area (Å²) in [6.07, 6.45) is 1.39. The molecule has 2 N–H and O–H groups in total. The molecular formula is C26H21ClN2O4. The molecule has 1 heterocycles. The maximum absolute atomic E-state index is 11.2. The van der Waals surface area contributed by atoms with Crippen molar-refractivity contribution in [2.24, 2.45) is 5.73 Å². The van der Waals surface area contributed by atoms with Gasteiger partial charge in [-0.25, -0.2) is 0 Å². The summed E-state index contributed by atoms with van der Waals surface area (Å²) in [5, 5.41) is 9.36. The van der Waals surface area contributed by atoms with Gasteiger partial charge in [0.1, 0.15) is 37.2 Å². The van der Waals surface area contributed by atoms with Crippen LogP contribution >= 0.6 is 11.6 Å². The number of fused-ring (bicyclic) bond motifs is 1. The van der Waals surface area contributed by atoms with E-state index >= 15 is 0 Å². The molecule has 7 heteroatoms. The molecule has 0 aromatic heterocycles. The molecule has 0 aliphatic carbocycles. The minimum Gasteiger partial charge on any atom is -0.487 e. The van der Waals surface area contributed by atoms with E-state index in [1.165, 1.54) is 6.08 Å². The molecule has 3 aromatic carbocycles. The van der Waals surface area contributed by atoms with E-state index in [-0.39, 0.29) is 5.57 Å². The third-order valence-corrected chi connectivity index (χ3v) is 5.63. The SMILES string of the molecule is Cc1c(COc2ccc(/C=C(\C#N)C(N)=O)cc2Cl)cccc1-c1ccc2c(c1)OCCO2. The van der Waals surface area contributed by atoms with Crippen LogP contribution in [0, 0.1) is 18.3 Å². The molecule has 33 heavy (non-hydrogen) atoms. The number of nitrogens with two attached hydrogens (primary N) is 1. The lowest BCUT2D eigenvalue weighted by molar-refractivity contribution is -0.114. The van der Waals surface area contributed by atoms with Crippen LogP contribution in [0.25, 0.3) is 17.2 Å². The highest BCUT2D eigenvalue weighted by Gasteiger charge is 2.14. The molecule has 0 saturated heterocycles. The number of carbonyl (C=O) groups is 1. The van der Waals surface area contributed by atoms with Crippen molar-refractivity contribution in [3.05, 3.63) is 81.9 Å². The van der Waals surface area contributed by atoms with Gasteiger partial charge < -0.3 is 19.9 Å². The molecular weight excluding hydrogens is 440 g/mol. The molecule has 0 bridgehead atoms. The third-order valence-electron chi connectivity index (χ3n) is 5.34. The minimum atomic E-state index is -0.790. The Bertz CT molecular complexity index is 1290. The Balaban J connectivity index is 1.53. The second-order valence-electron chi connectivity index (χ2n) is 7.46. The zero-order chi connectivity index (χ0) is 23.4. The highest BCUT2D eigenvalue weighted by Crippen LogP contribution is 2.36. The van der Waals surface area contributed by atoms with Crippen LogP contribution in [-0.4, -0.2) is 19.1 Å². The van der Waals surface area contributed by atoms with Gasteiger partial charge in [-0.15, -0.1) is 0 Å². The highest BCUT2D eigenvalue weighted by atomic mass is 35.5. The smallest absolute Gasteiger partial charge is 0.259 e. The van der Waals surface area contributed by atoms with Gasteiger partial charge >= 0.3 is 0 Å². The number of amides is 1. The summed E-state index contributed by atoms with van der Waals surface area (Å²) in [5.74, 6) is 1.21. The number of nitriles is 1. The summed E-state index contributed by atoms with van der Waals surface area (Å²) < 4.78 is 17.3. The van der Waals surface area contributed by atoms with Gasteiger partial charge in [-0.2, -0.15) is 5.26 Å². The fraction of sp³-hybridized carbons (Fsp3) is 0.154. The summed E-state index contributed by atoms with van der Waals surface area (Å²) in [6, 6.07) is 18.8. The number of benzene rings is 3. The molecule has 0 spiro atoms. The van der Waals surface area contributed by atoms with Crippen LogP contribution in [0.4, 0.5) is 0 Å². The monoisotopic (exact) mass is 460 g/mol. The summed E-state index contributed by atoms with van der Waals surface area (Å²) >= 11 is 6.36. The third kappa shape index (κ3) is 4.94. The number of halogens is 1. The first-order chi connectivity index (χ1) is 16.0. The molecule has 0 unspecified atom stereocenters. The molecule has 6 nitrogen and oxygen atoms in total. The maximum atomic E-state index is 11.2. The average Bonchev–Trinajstić information content (AvgIpc) is 2.82. The normalized spacial score (nSPS) is 12.7. The Labute approximate surface area is 196 Å². The second kappa shape index (κ2) is 9.68. The zero-order valence-electron chi connectivity index (χ0n) is 17.9. The van der Waals surface area contributed by atoms with Gasteiger partial charge in [0.25, 0.3) is 5.91 Å². The Hall–Kier alpha value is -3.95. The number of nitrogens with zero attached hydrogens (tertiary/aromatic N) is 1. The van der Waals surface area contributed by atoms with E-state index in [2.05, 4.69) is 6.07 Å². The molecule has 1 aliphatic rings. The van der Waals surface area contributed by atoms with E-state index in [1.54, 1.807) is 24.3 Å². The van der Waals surface area contributed by atoms with Gasteiger partial charge in [-0.3, -0.25) is 4.79 Å². The van der Waals surface area contributed by atoms with Gasteiger partial charge in [0.15, 0.2) is 11.5 Å². The number of primary amides is 1. The molecule has 0 saturated carbocycles. The molecule has 0 fully saturated rings. The number of ether oxygens (including phenoxy) is 3. The summed E-state index contributed by atoms with van der Waals surface area (Å²) in [6.45, 7) is 3.47. The van der Waals surface area contributed by atoms with Crippen LogP contribution in [0.3, 0.4) is 0 Å². The van der Waals surface area contributed by atoms with Gasteiger partial charge in [-0.05, 0) is 65.1 Å². The summed E-state index contributed by atoms with van der Waals surface area (Å²) in [4.78, 5) is 11.2. The van der Waals surface area contributed by atoms with Crippen LogP contribution in [0.1, 0.15) is 16.7 Å². The molecule has 1 aliphatic heterocycles. The van der Waals surface area contributed by atoms with Crippen molar-refractivity contribution >= 4 is 23.6 Å². The van der Waals surface area contributed by atoms with Crippen LogP contribution < -0.4 is 19.9 Å². The fourth-order valence-electron chi connectivity index (χ4n) is 3.57. The highest BCUT2D eigenvalue weighted by molar-refractivity contribution is 6.32. The van der Waals surface area contributed by atoms with Crippen molar-refractivity contribution in [2.45, 2.75) is 13.5 Å². The van der Waals surface area contributed by atoms with Gasteiger partial charge in [-0.1, -0.05) is 41.9 Å². The van der Waals surface area contributed by atoms with E-state index in [1.807, 2.05) is 37.3 Å². The first kappa shape index (κ1) is 22.3. The molecule has 1 amide bonds. The standard InChI is InChI=1S/C26H21ClN2O4/c1-16-19(3-2-4-21(16)18-6-8-24-25(13-18)32-10-9-31-24)15-33-23-7-5-17(12-22(23)27)11-20(14-28)26(29)30/h2-8,11-13H,9-10,15H2,1H3,(H2,29,30)/b20-11+. The van der Waals surface area contributed by atoms with Crippen molar-refractivity contribution in [3.63, 3.8) is 0 Å². The van der Waals surface area contributed by atoms with Crippen LogP contribution in [0.2, 0.25) is 5.02 Å². The lowest BCUT2D eigenvalue weighted by Gasteiger charge is -2.20. The maximum Gasteiger partial charge on any atom is 0.259 e. The Morgan fingerprint density at radius 1 is 1.15 bits per heavy atom. The zero-order valence-corrected chi connectivity index (χ0v) is 18.7. The van der Waals surface area contributed by atoms with Crippen molar-refractivity contribution < 1.29 is 19.0 Å². The molecule has 166 valence electrons. The van der Waals surface area contributed by atoms with E-state index in [4.69, 9.17) is 36.8 Å². The van der Waals surface area contributed by atoms with Crippen molar-refractivity contribution in [2.75, 3.05) is 13.2 Å². The van der Waals surface area contributed by atoms with Gasteiger partial charge in [0.05, 0.1) is 5.02 Å². The summed E-state index contributed by atoms with van der Waals surface area (Å²) in [7, 11) is 0. The number of rotatable bonds is 6. The minimum absolute atomic E-state index is 0.147. The average molecular weight is 461 g/mol. The largest absolute Gasteiger partial charge is 0.487 e. The van der Waals surface area contributed by atoms with Gasteiger partial charge in [0.2, 0.25) is 0 Å². The molecule has 0 radical (unpaired) electrons. The number of hydrogen-bond acceptors (Lipinski definition) is 5. The van der Waals surface area contributed by atoms with E-state index in [9.17, 15) is 4.79 Å². The summed E-state index contributed by atoms with van der Waals surface area (Å²) in [5.41, 5.74) is 9.83. The molecule has 3 aromatic rings. The van der Waals surface area contributed by atoms with Crippen molar-refractivity contribution in [1.29, 1.82) is 5.26 Å². The predicted octanol–water partition coefficient (Wildman–Crippen LogP) is 5.06. The first-order valence-corrected chi connectivity index (χ1v) is 10.7. The van der Waals surface area contributed by atoms with Crippen LogP contribution in [0.5, 0.6) is 17.2 Å². The Kier molecular flexibility index (Phi) is 6.53. The lowest BCUT2D eigenvalue weighted by atomic mass is 9.96. The van der Waals surface area contributed by atoms with Crippen molar-refractivity contribution in [3.8, 4) is 34.4 Å². The first-order valence-electron chi connectivity index (χ1n) is 10.3. The van der Waals surface area contributed by atoms with Gasteiger partial charge in [0, 0.05) is 0 Å². The van der Waals surface area contributed by atoms with Crippen LogP contribution in [0.15, 0.2) is 60.2 Å². The molecule has 4 rings (SSSR count). The quantitative estimate of drug-likeness (QED) is 0.410. The van der Waals surface area contributed by atoms with Crippen LogP contribution in [-0.2, 0) is 11.4 Å². The van der Waals surface area contributed by atoms with Crippen molar-refractivity contribution in [1.82, 2.24) is 0 Å². The topological polar surface area (TPSA) is 94.6 Å². The molecule has 0 atom stereocenters. The second-order valence-corrected chi connectivity index (χ2v) is 7.87. The number of carbonyl (C=O) groups excluding carboxylic acids is 1. The predicted molar refractivity (Wildman–Crippen MR) is 126 cm³/mol. The Morgan fingerprint density at radius 3 is 2.67 bits per heavy atom. The number of hydrogen-bond donors (Lipinski definition) is 1. The van der Waals surface area contributed by atoms with E-state index in [0.717, 1.165) is 33.8 Å². The lowest BCUT2D eigenvalue weighted by Crippen LogP contribution is -2.15.